The lowest BCUT2D eigenvalue weighted by atomic mass is 10.1. The number of hydrogen-bond acceptors (Lipinski definition) is 3. The van der Waals surface area contributed by atoms with Gasteiger partial charge in [-0.25, -0.2) is 0 Å². The fraction of sp³-hybridized carbons (Fsp3) is 0.143. The van der Waals surface area contributed by atoms with Crippen LogP contribution in [-0.4, -0.2) is 23.7 Å². The Balaban J connectivity index is 2.14. The number of aromatic nitrogens is 1. The Morgan fingerprint density at radius 2 is 2.00 bits per heavy atom. The maximum absolute atomic E-state index is 12.0. The van der Waals surface area contributed by atoms with Gasteiger partial charge in [-0.15, -0.1) is 0 Å². The van der Waals surface area contributed by atoms with Crippen LogP contribution < -0.4 is 4.74 Å². The van der Waals surface area contributed by atoms with Crippen molar-refractivity contribution in [2.75, 3.05) is 7.11 Å². The molecule has 2 aromatic rings. The first-order valence-electron chi connectivity index (χ1n) is 5.52. The fourth-order valence-electron chi connectivity index (χ4n) is 1.70. The quantitative estimate of drug-likeness (QED) is 0.597. The van der Waals surface area contributed by atoms with Crippen molar-refractivity contribution < 1.29 is 14.3 Å². The minimum Gasteiger partial charge on any atom is -0.497 e. The van der Waals surface area contributed by atoms with E-state index in [1.54, 1.807) is 54.3 Å². The van der Waals surface area contributed by atoms with Crippen molar-refractivity contribution in [1.29, 1.82) is 0 Å². The van der Waals surface area contributed by atoms with E-state index >= 15 is 0 Å². The maximum atomic E-state index is 12.0. The van der Waals surface area contributed by atoms with Crippen LogP contribution in [0.25, 0.3) is 0 Å². The molecule has 0 aliphatic heterocycles. The van der Waals surface area contributed by atoms with Crippen molar-refractivity contribution in [3.63, 3.8) is 0 Å². The molecule has 0 aliphatic rings. The molecular formula is C14H13NO3. The van der Waals surface area contributed by atoms with Crippen LogP contribution in [0.4, 0.5) is 0 Å². The lowest BCUT2D eigenvalue weighted by molar-refractivity contribution is 0.0970. The minimum absolute atomic E-state index is 0.0445. The molecule has 0 atom stereocenters. The zero-order valence-electron chi connectivity index (χ0n) is 10.00. The maximum Gasteiger partial charge on any atom is 0.182 e. The third kappa shape index (κ3) is 2.48. The van der Waals surface area contributed by atoms with Gasteiger partial charge in [0.15, 0.2) is 12.1 Å². The number of methoxy groups -OCH3 is 1. The number of nitrogens with zero attached hydrogens (tertiary/aromatic N) is 1. The Hall–Kier alpha value is -2.36. The molecule has 0 bridgehead atoms. The zero-order chi connectivity index (χ0) is 13.0. The predicted octanol–water partition coefficient (Wildman–Crippen LogP) is 2.19. The molecule has 0 aliphatic carbocycles. The summed E-state index contributed by atoms with van der Waals surface area (Å²) in [6.45, 7) is 0.160. The van der Waals surface area contributed by atoms with Crippen molar-refractivity contribution in [1.82, 2.24) is 4.57 Å². The first-order chi connectivity index (χ1) is 8.74. The number of rotatable bonds is 5. The van der Waals surface area contributed by atoms with E-state index in [9.17, 15) is 9.59 Å². The highest BCUT2D eigenvalue weighted by Gasteiger charge is 2.08. The molecule has 0 N–H and O–H groups in total. The van der Waals surface area contributed by atoms with Crippen LogP contribution in [0.2, 0.25) is 0 Å². The number of ether oxygens (including phenoxy) is 1. The average Bonchev–Trinajstić information content (AvgIpc) is 2.86. The number of carbonyl (C=O) groups excluding carboxylic acids is 2. The number of hydrogen-bond donors (Lipinski definition) is 0. The van der Waals surface area contributed by atoms with Crippen LogP contribution in [-0.2, 0) is 6.54 Å². The first kappa shape index (κ1) is 12.1. The second-order valence-corrected chi connectivity index (χ2v) is 3.83. The lowest BCUT2D eigenvalue weighted by Crippen LogP contribution is -2.11. The summed E-state index contributed by atoms with van der Waals surface area (Å²) in [6, 6.07) is 10.3. The number of aldehydes is 1. The molecule has 0 saturated heterocycles. The van der Waals surface area contributed by atoms with Gasteiger partial charge < -0.3 is 9.30 Å². The van der Waals surface area contributed by atoms with E-state index in [0.717, 1.165) is 6.29 Å². The summed E-state index contributed by atoms with van der Waals surface area (Å²) in [5.41, 5.74) is 1.10. The van der Waals surface area contributed by atoms with Crippen molar-refractivity contribution in [2.24, 2.45) is 0 Å². The number of benzene rings is 1. The van der Waals surface area contributed by atoms with Crippen molar-refractivity contribution in [2.45, 2.75) is 6.54 Å². The molecule has 1 heterocycles. The minimum atomic E-state index is -0.0445. The van der Waals surface area contributed by atoms with Crippen LogP contribution in [0.3, 0.4) is 0 Å². The third-order valence-corrected chi connectivity index (χ3v) is 2.71. The summed E-state index contributed by atoms with van der Waals surface area (Å²) in [4.78, 5) is 22.7. The highest BCUT2D eigenvalue weighted by molar-refractivity contribution is 5.96. The standard InChI is InChI=1S/C14H13NO3/c1-18-13-6-4-11(5-7-13)14(17)9-15-8-2-3-12(15)10-16/h2-8,10H,9H2,1H3. The van der Waals surface area contributed by atoms with Gasteiger partial charge >= 0.3 is 0 Å². The lowest BCUT2D eigenvalue weighted by Gasteiger charge is -2.05. The molecular weight excluding hydrogens is 230 g/mol. The van der Waals surface area contributed by atoms with Crippen LogP contribution in [0, 0.1) is 0 Å². The van der Waals surface area contributed by atoms with Crippen molar-refractivity contribution in [3.05, 3.63) is 53.9 Å². The Bertz CT molecular complexity index is 555. The largest absolute Gasteiger partial charge is 0.497 e. The summed E-state index contributed by atoms with van der Waals surface area (Å²) < 4.78 is 6.65. The molecule has 0 spiro atoms. The molecule has 92 valence electrons. The van der Waals surface area contributed by atoms with E-state index in [1.165, 1.54) is 0 Å². The van der Waals surface area contributed by atoms with Crippen molar-refractivity contribution in [3.8, 4) is 5.75 Å². The van der Waals surface area contributed by atoms with Gasteiger partial charge in [-0.3, -0.25) is 9.59 Å². The normalized spacial score (nSPS) is 10.1. The molecule has 2 rings (SSSR count). The van der Waals surface area contributed by atoms with Crippen LogP contribution in [0.15, 0.2) is 42.6 Å². The van der Waals surface area contributed by atoms with Crippen molar-refractivity contribution >= 4 is 12.1 Å². The highest BCUT2D eigenvalue weighted by Crippen LogP contribution is 2.12. The molecule has 1 aromatic carbocycles. The van der Waals surface area contributed by atoms with E-state index in [1.807, 2.05) is 0 Å². The summed E-state index contributed by atoms with van der Waals surface area (Å²) >= 11 is 0. The average molecular weight is 243 g/mol. The molecule has 0 radical (unpaired) electrons. The van der Waals surface area contributed by atoms with E-state index in [2.05, 4.69) is 0 Å². The van der Waals surface area contributed by atoms with Gasteiger partial charge in [0.25, 0.3) is 0 Å². The number of carbonyl (C=O) groups is 2. The fourth-order valence-corrected chi connectivity index (χ4v) is 1.70. The third-order valence-electron chi connectivity index (χ3n) is 2.71. The SMILES string of the molecule is COc1ccc(C(=O)Cn2cccc2C=O)cc1. The summed E-state index contributed by atoms with van der Waals surface area (Å²) in [6.07, 6.45) is 2.45. The second-order valence-electron chi connectivity index (χ2n) is 3.83. The molecule has 4 heteroatoms. The van der Waals surface area contributed by atoms with Crippen LogP contribution in [0.5, 0.6) is 5.75 Å². The van der Waals surface area contributed by atoms with E-state index in [4.69, 9.17) is 4.74 Å². The molecule has 0 saturated carbocycles. The number of ketones is 1. The Morgan fingerprint density at radius 1 is 1.28 bits per heavy atom. The van der Waals surface area contributed by atoms with Crippen LogP contribution >= 0.6 is 0 Å². The van der Waals surface area contributed by atoms with Gasteiger partial charge in [-0.1, -0.05) is 0 Å². The summed E-state index contributed by atoms with van der Waals surface area (Å²) in [7, 11) is 1.58. The molecule has 0 fully saturated rings. The van der Waals surface area contributed by atoms with E-state index < -0.39 is 0 Å². The molecule has 18 heavy (non-hydrogen) atoms. The molecule has 1 aromatic heterocycles. The first-order valence-corrected chi connectivity index (χ1v) is 5.52. The Kier molecular flexibility index (Phi) is 3.57. The van der Waals surface area contributed by atoms with E-state index in [-0.39, 0.29) is 12.3 Å². The topological polar surface area (TPSA) is 48.3 Å². The van der Waals surface area contributed by atoms with Gasteiger partial charge in [0.2, 0.25) is 0 Å². The Labute approximate surface area is 105 Å². The monoisotopic (exact) mass is 243 g/mol. The van der Waals surface area contributed by atoms with Gasteiger partial charge in [-0.05, 0) is 36.4 Å². The zero-order valence-corrected chi connectivity index (χ0v) is 10.00. The number of Topliss-reactive ketones (excluding diaryl/α,β-unsaturated/α-hetero) is 1. The predicted molar refractivity (Wildman–Crippen MR) is 67.1 cm³/mol. The molecule has 0 unspecified atom stereocenters. The van der Waals surface area contributed by atoms with Gasteiger partial charge in [-0.2, -0.15) is 0 Å². The van der Waals surface area contributed by atoms with Gasteiger partial charge in [0, 0.05) is 11.8 Å². The van der Waals surface area contributed by atoms with Gasteiger partial charge in [0.05, 0.1) is 19.3 Å². The summed E-state index contributed by atoms with van der Waals surface area (Å²) in [5.74, 6) is 0.665. The smallest absolute Gasteiger partial charge is 0.182 e. The Morgan fingerprint density at radius 3 is 2.61 bits per heavy atom. The van der Waals surface area contributed by atoms with Crippen LogP contribution in [0.1, 0.15) is 20.8 Å². The second kappa shape index (κ2) is 5.31. The molecule has 0 amide bonds. The van der Waals surface area contributed by atoms with E-state index in [0.29, 0.717) is 17.0 Å². The highest BCUT2D eigenvalue weighted by atomic mass is 16.5. The van der Waals surface area contributed by atoms with Gasteiger partial charge in [0.1, 0.15) is 5.75 Å². The summed E-state index contributed by atoms with van der Waals surface area (Å²) in [5, 5.41) is 0. The molecule has 4 nitrogen and oxygen atoms in total.